The van der Waals surface area contributed by atoms with Gasteiger partial charge in [-0.2, -0.15) is 4.98 Å². The molecule has 11 heteroatoms. The first-order valence-corrected chi connectivity index (χ1v) is 10.5. The topological polar surface area (TPSA) is 130 Å². The Balaban J connectivity index is 1.72. The quantitative estimate of drug-likeness (QED) is 0.532. The van der Waals surface area contributed by atoms with Crippen molar-refractivity contribution in [3.8, 4) is 11.6 Å². The van der Waals surface area contributed by atoms with Gasteiger partial charge in [-0.05, 0) is 19.1 Å². The number of piperidine rings is 1. The Hall–Kier alpha value is -2.79. The molecule has 0 bridgehead atoms. The fourth-order valence-corrected chi connectivity index (χ4v) is 3.73. The fourth-order valence-electron chi connectivity index (χ4n) is 3.07. The van der Waals surface area contributed by atoms with Crippen molar-refractivity contribution in [2.75, 3.05) is 37.9 Å². The molecule has 0 atom stereocenters. The smallest absolute Gasteiger partial charge is 0.407 e. The van der Waals surface area contributed by atoms with Crippen LogP contribution in [-0.4, -0.2) is 74.8 Å². The average molecular weight is 436 g/mol. The van der Waals surface area contributed by atoms with E-state index in [4.69, 9.17) is 19.7 Å². The van der Waals surface area contributed by atoms with Crippen LogP contribution in [0.25, 0.3) is 0 Å². The predicted octanol–water partition coefficient (Wildman–Crippen LogP) is 2.54. The number of anilines is 2. The number of ether oxygens (including phenoxy) is 2. The van der Waals surface area contributed by atoms with E-state index in [1.54, 1.807) is 0 Å². The standard InChI is InChI=1S/C19H25N5O5S/c1-12-14(3-4-15(22-12)30-10-9-25)23-17-16(28-2)18(21-11-20-17)29-13-5-7-24(8-6-13)19(26)27/h3-4,11,13,25H,5-10H2,1-2H3,(H,26,27)(H,20,21,23). The number of aromatic nitrogens is 3. The summed E-state index contributed by atoms with van der Waals surface area (Å²) in [4.78, 5) is 25.4. The molecule has 10 nitrogen and oxygen atoms in total. The molecule has 3 heterocycles. The Kier molecular flexibility index (Phi) is 7.52. The first kappa shape index (κ1) is 21.9. The molecule has 162 valence electrons. The molecule has 0 aromatic carbocycles. The predicted molar refractivity (Wildman–Crippen MR) is 112 cm³/mol. The highest BCUT2D eigenvalue weighted by Gasteiger charge is 2.25. The number of likely N-dealkylation sites (tertiary alicyclic amines) is 1. The van der Waals surface area contributed by atoms with Gasteiger partial charge in [0.2, 0.25) is 5.75 Å². The molecule has 2 aromatic rings. The first-order valence-electron chi connectivity index (χ1n) is 9.53. The van der Waals surface area contributed by atoms with Crippen molar-refractivity contribution >= 4 is 29.4 Å². The van der Waals surface area contributed by atoms with Gasteiger partial charge in [-0.1, -0.05) is 0 Å². The van der Waals surface area contributed by atoms with Crippen molar-refractivity contribution < 1.29 is 24.5 Å². The van der Waals surface area contributed by atoms with Crippen LogP contribution in [0, 0.1) is 6.92 Å². The van der Waals surface area contributed by atoms with E-state index in [1.165, 1.54) is 30.1 Å². The molecule has 0 aliphatic carbocycles. The van der Waals surface area contributed by atoms with E-state index in [-0.39, 0.29) is 12.7 Å². The number of methoxy groups -OCH3 is 1. The number of nitrogens with one attached hydrogen (secondary N) is 1. The monoisotopic (exact) mass is 435 g/mol. The largest absolute Gasteiger partial charge is 0.489 e. The molecular formula is C19H25N5O5S. The second kappa shape index (κ2) is 10.3. The van der Waals surface area contributed by atoms with E-state index in [0.29, 0.717) is 49.1 Å². The van der Waals surface area contributed by atoms with Gasteiger partial charge in [0.15, 0.2) is 5.82 Å². The molecule has 3 rings (SSSR count). The average Bonchev–Trinajstić information content (AvgIpc) is 2.74. The van der Waals surface area contributed by atoms with E-state index in [0.717, 1.165) is 16.4 Å². The molecular weight excluding hydrogens is 410 g/mol. The van der Waals surface area contributed by atoms with Gasteiger partial charge in [-0.15, -0.1) is 11.8 Å². The van der Waals surface area contributed by atoms with Gasteiger partial charge in [0.25, 0.3) is 5.88 Å². The maximum atomic E-state index is 11.1. The number of thioether (sulfide) groups is 1. The van der Waals surface area contributed by atoms with Gasteiger partial charge in [0, 0.05) is 31.7 Å². The van der Waals surface area contributed by atoms with E-state index >= 15 is 0 Å². The van der Waals surface area contributed by atoms with Crippen LogP contribution in [0.4, 0.5) is 16.3 Å². The Bertz CT molecular complexity index is 876. The third-order valence-electron chi connectivity index (χ3n) is 4.62. The normalized spacial score (nSPS) is 14.4. The van der Waals surface area contributed by atoms with Crippen LogP contribution in [0.1, 0.15) is 18.5 Å². The van der Waals surface area contributed by atoms with Crippen molar-refractivity contribution in [3.05, 3.63) is 24.2 Å². The molecule has 1 fully saturated rings. The zero-order chi connectivity index (χ0) is 21.5. The Morgan fingerprint density at radius 3 is 2.73 bits per heavy atom. The Morgan fingerprint density at radius 1 is 1.33 bits per heavy atom. The summed E-state index contributed by atoms with van der Waals surface area (Å²) in [6.45, 7) is 2.82. The number of aliphatic hydroxyl groups is 1. The number of nitrogens with zero attached hydrogens (tertiary/aromatic N) is 4. The summed E-state index contributed by atoms with van der Waals surface area (Å²) < 4.78 is 11.5. The van der Waals surface area contributed by atoms with Gasteiger partial charge in [-0.3, -0.25) is 0 Å². The van der Waals surface area contributed by atoms with E-state index in [9.17, 15) is 4.79 Å². The van der Waals surface area contributed by atoms with Crippen molar-refractivity contribution in [3.63, 3.8) is 0 Å². The summed E-state index contributed by atoms with van der Waals surface area (Å²) in [7, 11) is 1.52. The molecule has 0 spiro atoms. The van der Waals surface area contributed by atoms with Crippen LogP contribution in [0.3, 0.4) is 0 Å². The molecule has 1 aliphatic rings. The molecule has 1 amide bonds. The third-order valence-corrected chi connectivity index (χ3v) is 5.53. The van der Waals surface area contributed by atoms with Gasteiger partial charge in [0.1, 0.15) is 12.4 Å². The van der Waals surface area contributed by atoms with E-state index in [2.05, 4.69) is 20.3 Å². The number of aliphatic hydroxyl groups excluding tert-OH is 1. The number of hydrogen-bond donors (Lipinski definition) is 3. The first-order chi connectivity index (χ1) is 14.5. The fraction of sp³-hybridized carbons (Fsp3) is 0.474. The molecule has 3 N–H and O–H groups in total. The zero-order valence-corrected chi connectivity index (χ0v) is 17.7. The third kappa shape index (κ3) is 5.42. The minimum atomic E-state index is -0.913. The van der Waals surface area contributed by atoms with Crippen LogP contribution in [0.2, 0.25) is 0 Å². The molecule has 30 heavy (non-hydrogen) atoms. The number of pyridine rings is 1. The highest BCUT2D eigenvalue weighted by molar-refractivity contribution is 7.99. The maximum Gasteiger partial charge on any atom is 0.407 e. The van der Waals surface area contributed by atoms with Crippen LogP contribution >= 0.6 is 11.8 Å². The summed E-state index contributed by atoms with van der Waals surface area (Å²) in [5.74, 6) is 1.72. The lowest BCUT2D eigenvalue weighted by molar-refractivity contribution is 0.0852. The summed E-state index contributed by atoms with van der Waals surface area (Å²) in [6.07, 6.45) is 1.49. The SMILES string of the molecule is COc1c(Nc2ccc(SCCO)nc2C)ncnc1OC1CCN(C(=O)O)CC1. The molecule has 0 radical (unpaired) electrons. The van der Waals surface area contributed by atoms with Crippen LogP contribution in [-0.2, 0) is 0 Å². The number of carboxylic acid groups (broad SMARTS) is 1. The summed E-state index contributed by atoms with van der Waals surface area (Å²) in [5.41, 5.74) is 1.54. The second-order valence-electron chi connectivity index (χ2n) is 6.63. The van der Waals surface area contributed by atoms with E-state index in [1.807, 2.05) is 19.1 Å². The summed E-state index contributed by atoms with van der Waals surface area (Å²) >= 11 is 1.48. The zero-order valence-electron chi connectivity index (χ0n) is 16.9. The highest BCUT2D eigenvalue weighted by atomic mass is 32.2. The van der Waals surface area contributed by atoms with Gasteiger partial charge >= 0.3 is 6.09 Å². The molecule has 0 unspecified atom stereocenters. The van der Waals surface area contributed by atoms with Crippen LogP contribution in [0.15, 0.2) is 23.5 Å². The highest BCUT2D eigenvalue weighted by Crippen LogP contribution is 2.35. The Morgan fingerprint density at radius 2 is 2.10 bits per heavy atom. The summed E-state index contributed by atoms with van der Waals surface area (Å²) in [6, 6.07) is 3.77. The Labute approximate surface area is 178 Å². The van der Waals surface area contributed by atoms with Gasteiger partial charge < -0.3 is 29.9 Å². The molecule has 2 aromatic heterocycles. The minimum Gasteiger partial charge on any atom is -0.489 e. The molecule has 0 saturated carbocycles. The van der Waals surface area contributed by atoms with Gasteiger partial charge in [0.05, 0.1) is 30.1 Å². The van der Waals surface area contributed by atoms with Crippen molar-refractivity contribution in [1.82, 2.24) is 19.9 Å². The number of carbonyl (C=O) groups is 1. The van der Waals surface area contributed by atoms with E-state index < -0.39 is 6.09 Å². The number of rotatable bonds is 8. The summed E-state index contributed by atoms with van der Waals surface area (Å²) in [5, 5.41) is 22.1. The second-order valence-corrected chi connectivity index (χ2v) is 7.74. The number of amides is 1. The number of hydrogen-bond acceptors (Lipinski definition) is 9. The lowest BCUT2D eigenvalue weighted by Crippen LogP contribution is -2.41. The molecule has 1 aliphatic heterocycles. The van der Waals surface area contributed by atoms with Crippen molar-refractivity contribution in [1.29, 1.82) is 0 Å². The minimum absolute atomic E-state index is 0.0988. The lowest BCUT2D eigenvalue weighted by atomic mass is 10.1. The number of aryl methyl sites for hydroxylation is 1. The van der Waals surface area contributed by atoms with Gasteiger partial charge in [-0.25, -0.2) is 14.8 Å². The lowest BCUT2D eigenvalue weighted by Gasteiger charge is -2.30. The maximum absolute atomic E-state index is 11.1. The molecule has 1 saturated heterocycles. The van der Waals surface area contributed by atoms with Crippen molar-refractivity contribution in [2.45, 2.75) is 30.9 Å². The van der Waals surface area contributed by atoms with Crippen molar-refractivity contribution in [2.24, 2.45) is 0 Å². The van der Waals surface area contributed by atoms with Crippen LogP contribution < -0.4 is 14.8 Å². The van der Waals surface area contributed by atoms with Crippen LogP contribution in [0.5, 0.6) is 11.6 Å².